The van der Waals surface area contributed by atoms with E-state index in [1.54, 1.807) is 42.6 Å². The van der Waals surface area contributed by atoms with Crippen molar-refractivity contribution in [3.63, 3.8) is 0 Å². The number of aryl methyl sites for hydroxylation is 1. The lowest BCUT2D eigenvalue weighted by Crippen LogP contribution is -2.21. The summed E-state index contributed by atoms with van der Waals surface area (Å²) in [5, 5.41) is 7.53. The van der Waals surface area contributed by atoms with E-state index in [2.05, 4.69) is 25.4 Å². The van der Waals surface area contributed by atoms with Gasteiger partial charge in [0.25, 0.3) is 0 Å². The maximum Gasteiger partial charge on any atom is 0.228 e. The van der Waals surface area contributed by atoms with Gasteiger partial charge in [-0.05, 0) is 32.4 Å². The lowest BCUT2D eigenvalue weighted by molar-refractivity contribution is -0.115. The van der Waals surface area contributed by atoms with E-state index in [4.69, 9.17) is 0 Å². The number of rotatable bonds is 5. The minimum absolute atomic E-state index is 0.183. The fraction of sp³-hybridized carbons (Fsp3) is 0.273. The predicted molar refractivity (Wildman–Crippen MR) is 116 cm³/mol. The fourth-order valence-corrected chi connectivity index (χ4v) is 3.40. The van der Waals surface area contributed by atoms with Gasteiger partial charge in [0, 0.05) is 48.3 Å². The van der Waals surface area contributed by atoms with Gasteiger partial charge in [0.05, 0.1) is 30.1 Å². The van der Waals surface area contributed by atoms with Gasteiger partial charge >= 0.3 is 0 Å². The highest BCUT2D eigenvalue weighted by Crippen LogP contribution is 2.27. The number of pyridine rings is 1. The second-order valence-electron chi connectivity index (χ2n) is 8.38. The molecule has 0 spiro atoms. The Balaban J connectivity index is 1.61. The Labute approximate surface area is 179 Å². The highest BCUT2D eigenvalue weighted by molar-refractivity contribution is 6.16. The molecule has 0 aromatic carbocycles. The van der Waals surface area contributed by atoms with Crippen molar-refractivity contribution in [1.29, 1.82) is 0 Å². The number of nitrogens with one attached hydrogen (secondary N) is 1. The summed E-state index contributed by atoms with van der Waals surface area (Å²) in [6.45, 7) is 6.13. The molecule has 0 fully saturated rings. The summed E-state index contributed by atoms with van der Waals surface area (Å²) in [7, 11) is 1.79. The van der Waals surface area contributed by atoms with Crippen molar-refractivity contribution in [2.24, 2.45) is 7.05 Å². The molecule has 0 radical (unpaired) electrons. The Morgan fingerprint density at radius 2 is 1.87 bits per heavy atom. The predicted octanol–water partition coefficient (Wildman–Crippen LogP) is 2.73. The van der Waals surface area contributed by atoms with E-state index in [1.165, 1.54) is 18.7 Å². The van der Waals surface area contributed by atoms with E-state index in [0.29, 0.717) is 27.8 Å². The molecule has 9 heteroatoms. The summed E-state index contributed by atoms with van der Waals surface area (Å²) in [5.41, 5.74) is 2.55. The Morgan fingerprint density at radius 3 is 2.58 bits per heavy atom. The summed E-state index contributed by atoms with van der Waals surface area (Å²) in [4.78, 5) is 38.2. The van der Waals surface area contributed by atoms with Crippen LogP contribution in [-0.2, 0) is 23.8 Å². The van der Waals surface area contributed by atoms with Gasteiger partial charge in [0.1, 0.15) is 12.0 Å². The molecule has 0 saturated heterocycles. The van der Waals surface area contributed by atoms with Gasteiger partial charge in [-0.15, -0.1) is 0 Å². The summed E-state index contributed by atoms with van der Waals surface area (Å²) in [6, 6.07) is 1.63. The molecular weight excluding hydrogens is 394 g/mol. The quantitative estimate of drug-likeness (QED) is 0.500. The van der Waals surface area contributed by atoms with Crippen molar-refractivity contribution in [3.05, 3.63) is 66.3 Å². The number of aromatic nitrogens is 6. The summed E-state index contributed by atoms with van der Waals surface area (Å²) >= 11 is 0. The van der Waals surface area contributed by atoms with Crippen molar-refractivity contribution in [2.45, 2.75) is 32.7 Å². The maximum absolute atomic E-state index is 13.3. The van der Waals surface area contributed by atoms with Gasteiger partial charge in [0.2, 0.25) is 5.91 Å². The van der Waals surface area contributed by atoms with Crippen LogP contribution in [0.3, 0.4) is 0 Å². The van der Waals surface area contributed by atoms with Crippen LogP contribution in [0.25, 0.3) is 11.0 Å². The first-order chi connectivity index (χ1) is 14.7. The van der Waals surface area contributed by atoms with Crippen molar-refractivity contribution in [1.82, 2.24) is 29.3 Å². The molecular formula is C22H23N7O2. The molecule has 0 aliphatic heterocycles. The van der Waals surface area contributed by atoms with E-state index < -0.39 is 0 Å². The molecule has 0 unspecified atom stereocenters. The molecule has 0 bridgehead atoms. The van der Waals surface area contributed by atoms with Crippen LogP contribution in [0.2, 0.25) is 0 Å². The smallest absolute Gasteiger partial charge is 0.228 e. The van der Waals surface area contributed by atoms with Gasteiger partial charge < -0.3 is 9.88 Å². The van der Waals surface area contributed by atoms with Gasteiger partial charge in [-0.3, -0.25) is 19.3 Å². The van der Waals surface area contributed by atoms with E-state index in [9.17, 15) is 9.59 Å². The first kappa shape index (κ1) is 20.4. The number of hydrogen-bond acceptors (Lipinski definition) is 6. The van der Waals surface area contributed by atoms with E-state index in [0.717, 1.165) is 5.56 Å². The molecule has 158 valence electrons. The van der Waals surface area contributed by atoms with Crippen LogP contribution in [0, 0.1) is 0 Å². The number of fused-ring (bicyclic) bond motifs is 1. The molecule has 4 aromatic rings. The van der Waals surface area contributed by atoms with Crippen molar-refractivity contribution >= 4 is 28.4 Å². The van der Waals surface area contributed by atoms with Crippen LogP contribution in [-0.4, -0.2) is 41.0 Å². The molecule has 31 heavy (non-hydrogen) atoms. The second kappa shape index (κ2) is 7.75. The Bertz CT molecular complexity index is 1280. The monoisotopic (exact) mass is 417 g/mol. The molecule has 0 aliphatic carbocycles. The number of carbonyl (C=O) groups excluding carboxylic acids is 2. The second-order valence-corrected chi connectivity index (χ2v) is 8.38. The van der Waals surface area contributed by atoms with Gasteiger partial charge in [-0.2, -0.15) is 5.10 Å². The van der Waals surface area contributed by atoms with E-state index in [-0.39, 0.29) is 23.7 Å². The number of carbonyl (C=O) groups is 2. The molecule has 0 saturated carbocycles. The van der Waals surface area contributed by atoms with Crippen LogP contribution in [0.4, 0.5) is 5.69 Å². The van der Waals surface area contributed by atoms with Crippen molar-refractivity contribution in [3.8, 4) is 0 Å². The summed E-state index contributed by atoms with van der Waals surface area (Å²) in [5.74, 6) is -0.421. The molecule has 4 heterocycles. The Hall–Kier alpha value is -3.88. The maximum atomic E-state index is 13.3. The van der Waals surface area contributed by atoms with Gasteiger partial charge in [-0.1, -0.05) is 0 Å². The van der Waals surface area contributed by atoms with Gasteiger partial charge in [0.15, 0.2) is 5.78 Å². The number of nitrogens with zero attached hydrogens (tertiary/aromatic N) is 6. The normalized spacial score (nSPS) is 11.6. The molecule has 1 N–H and O–H groups in total. The first-order valence-corrected chi connectivity index (χ1v) is 9.81. The lowest BCUT2D eigenvalue weighted by atomic mass is 10.1. The number of amides is 1. The number of hydrogen-bond donors (Lipinski definition) is 1. The highest BCUT2D eigenvalue weighted by atomic mass is 16.1. The zero-order valence-electron chi connectivity index (χ0n) is 17.8. The third-order valence-corrected chi connectivity index (χ3v) is 4.84. The minimum atomic E-state index is -0.258. The number of ketones is 1. The zero-order chi connectivity index (χ0) is 22.2. The highest BCUT2D eigenvalue weighted by Gasteiger charge is 2.23. The van der Waals surface area contributed by atoms with Crippen LogP contribution in [0.15, 0.2) is 49.6 Å². The number of anilines is 1. The average molecular weight is 417 g/mol. The molecule has 4 aromatic heterocycles. The third kappa shape index (κ3) is 4.20. The molecule has 9 nitrogen and oxygen atoms in total. The van der Waals surface area contributed by atoms with Crippen LogP contribution >= 0.6 is 0 Å². The van der Waals surface area contributed by atoms with Crippen LogP contribution in [0.1, 0.15) is 42.3 Å². The first-order valence-electron chi connectivity index (χ1n) is 9.81. The summed E-state index contributed by atoms with van der Waals surface area (Å²) < 4.78 is 3.60. The summed E-state index contributed by atoms with van der Waals surface area (Å²) in [6.07, 6.45) is 11.5. The van der Waals surface area contributed by atoms with Crippen molar-refractivity contribution < 1.29 is 9.59 Å². The fourth-order valence-electron chi connectivity index (χ4n) is 3.40. The third-order valence-electron chi connectivity index (χ3n) is 4.84. The van der Waals surface area contributed by atoms with Gasteiger partial charge in [-0.25, -0.2) is 9.97 Å². The standard InChI is InChI=1S/C22H23N7O2/c1-22(2,3)29-12-18(17-10-24-13-25-21(17)29)20(31)15-6-16(9-23-8-15)27-19(30)5-14-7-26-28(4)11-14/h6-13H,5H2,1-4H3,(H,27,30). The topological polar surface area (TPSA) is 108 Å². The van der Waals surface area contributed by atoms with E-state index in [1.807, 2.05) is 25.3 Å². The molecule has 0 aliphatic rings. The lowest BCUT2D eigenvalue weighted by Gasteiger charge is -2.21. The molecule has 4 rings (SSSR count). The van der Waals surface area contributed by atoms with E-state index >= 15 is 0 Å². The average Bonchev–Trinajstić information content (AvgIpc) is 3.31. The minimum Gasteiger partial charge on any atom is -0.326 e. The largest absolute Gasteiger partial charge is 0.326 e. The molecule has 0 atom stereocenters. The van der Waals surface area contributed by atoms with Crippen molar-refractivity contribution in [2.75, 3.05) is 5.32 Å². The zero-order valence-corrected chi connectivity index (χ0v) is 17.8. The Morgan fingerprint density at radius 1 is 1.06 bits per heavy atom. The SMILES string of the molecule is Cn1cc(CC(=O)Nc2cncc(C(=O)c3cn(C(C)(C)C)c4ncncc34)c2)cn1. The Kier molecular flexibility index (Phi) is 5.10. The van der Waals surface area contributed by atoms with Crippen LogP contribution < -0.4 is 5.32 Å². The molecule has 1 amide bonds. The van der Waals surface area contributed by atoms with Crippen LogP contribution in [0.5, 0.6) is 0 Å².